The molecule has 1 aliphatic rings. The lowest BCUT2D eigenvalue weighted by Gasteiger charge is -2.21. The van der Waals surface area contributed by atoms with Gasteiger partial charge >= 0.3 is 0 Å². The monoisotopic (exact) mass is 327 g/mol. The molecule has 2 N–H and O–H groups in total. The Labute approximate surface area is 138 Å². The number of carbonyl (C=O) groups excluding carboxylic acids is 1. The summed E-state index contributed by atoms with van der Waals surface area (Å²) < 4.78 is 5.70. The summed E-state index contributed by atoms with van der Waals surface area (Å²) in [7, 11) is 0. The predicted molar refractivity (Wildman–Crippen MR) is 89.3 cm³/mol. The van der Waals surface area contributed by atoms with Gasteiger partial charge in [-0.25, -0.2) is 4.98 Å². The van der Waals surface area contributed by atoms with Crippen LogP contribution in [0.2, 0.25) is 0 Å². The lowest BCUT2D eigenvalue weighted by molar-refractivity contribution is -0.125. The molecule has 2 rings (SSSR count). The van der Waals surface area contributed by atoms with Crippen molar-refractivity contribution in [3.63, 3.8) is 0 Å². The van der Waals surface area contributed by atoms with Crippen molar-refractivity contribution in [1.82, 2.24) is 15.6 Å². The molecule has 0 radical (unpaired) electrons. The van der Waals surface area contributed by atoms with Crippen LogP contribution in [0.5, 0.6) is 5.88 Å². The standard InChI is InChI=1S/C16H25N3O2.ClH/c1-3-12(2)21-15-10-13(4-9-18-15)11-19-16(20)14-5-7-17-8-6-14;/h4,9-10,12,14,17H,3,5-8,11H2,1-2H3,(H,19,20);1H. The van der Waals surface area contributed by atoms with Crippen molar-refractivity contribution in [2.45, 2.75) is 45.8 Å². The maximum atomic E-state index is 12.1. The number of carbonyl (C=O) groups is 1. The molecule has 0 bridgehead atoms. The Hall–Kier alpha value is -1.33. The molecule has 1 fully saturated rings. The van der Waals surface area contributed by atoms with E-state index in [2.05, 4.69) is 22.5 Å². The number of nitrogens with one attached hydrogen (secondary N) is 2. The summed E-state index contributed by atoms with van der Waals surface area (Å²) in [6.45, 7) is 6.49. The molecule has 1 aromatic rings. The average Bonchev–Trinajstić information content (AvgIpc) is 2.53. The van der Waals surface area contributed by atoms with Crippen LogP contribution in [0.25, 0.3) is 0 Å². The number of halogens is 1. The minimum absolute atomic E-state index is 0. The Bertz CT molecular complexity index is 464. The molecule has 1 atom stereocenters. The van der Waals surface area contributed by atoms with Gasteiger partial charge in [-0.3, -0.25) is 4.79 Å². The van der Waals surface area contributed by atoms with Gasteiger partial charge in [0.25, 0.3) is 0 Å². The van der Waals surface area contributed by atoms with Crippen LogP contribution in [-0.4, -0.2) is 30.1 Å². The van der Waals surface area contributed by atoms with Gasteiger partial charge in [-0.1, -0.05) is 6.92 Å². The molecule has 124 valence electrons. The first kappa shape index (κ1) is 18.7. The zero-order valence-corrected chi connectivity index (χ0v) is 14.1. The van der Waals surface area contributed by atoms with Gasteiger partial charge in [0.15, 0.2) is 0 Å². The minimum Gasteiger partial charge on any atom is -0.475 e. The molecule has 2 heterocycles. The number of ether oxygens (including phenoxy) is 1. The van der Waals surface area contributed by atoms with Crippen molar-refractivity contribution in [3.05, 3.63) is 23.9 Å². The van der Waals surface area contributed by atoms with Crippen LogP contribution in [0.1, 0.15) is 38.7 Å². The summed E-state index contributed by atoms with van der Waals surface area (Å²) in [4.78, 5) is 16.3. The molecule has 0 spiro atoms. The van der Waals surface area contributed by atoms with Gasteiger partial charge in [0, 0.05) is 24.7 Å². The van der Waals surface area contributed by atoms with E-state index in [1.165, 1.54) is 0 Å². The SMILES string of the molecule is CCC(C)Oc1cc(CNC(=O)C2CCNCC2)ccn1.Cl. The fourth-order valence-electron chi connectivity index (χ4n) is 2.33. The van der Waals surface area contributed by atoms with Gasteiger partial charge in [0.05, 0.1) is 6.10 Å². The molecule has 1 aliphatic heterocycles. The summed E-state index contributed by atoms with van der Waals surface area (Å²) in [6.07, 6.45) is 4.66. The highest BCUT2D eigenvalue weighted by Crippen LogP contribution is 2.14. The topological polar surface area (TPSA) is 63.2 Å². The molecule has 1 amide bonds. The Morgan fingerprint density at radius 2 is 2.23 bits per heavy atom. The van der Waals surface area contributed by atoms with Crippen molar-refractivity contribution in [2.75, 3.05) is 13.1 Å². The van der Waals surface area contributed by atoms with Gasteiger partial charge in [-0.15, -0.1) is 12.4 Å². The summed E-state index contributed by atoms with van der Waals surface area (Å²) in [5.41, 5.74) is 1.02. The second-order valence-corrected chi connectivity index (χ2v) is 5.58. The maximum Gasteiger partial charge on any atom is 0.223 e. The zero-order chi connectivity index (χ0) is 15.1. The van der Waals surface area contributed by atoms with E-state index in [1.807, 2.05) is 19.1 Å². The third-order valence-corrected chi connectivity index (χ3v) is 3.87. The molecule has 1 saturated heterocycles. The molecule has 0 aromatic carbocycles. The molecule has 1 unspecified atom stereocenters. The van der Waals surface area contributed by atoms with E-state index in [9.17, 15) is 4.79 Å². The quantitative estimate of drug-likeness (QED) is 0.841. The fourth-order valence-corrected chi connectivity index (χ4v) is 2.33. The predicted octanol–water partition coefficient (Wildman–Crippen LogP) is 2.30. The normalized spacial score (nSPS) is 16.5. The van der Waals surface area contributed by atoms with Crippen molar-refractivity contribution >= 4 is 18.3 Å². The number of amides is 1. The van der Waals surface area contributed by atoms with Crippen LogP contribution in [0.3, 0.4) is 0 Å². The van der Waals surface area contributed by atoms with Crippen LogP contribution in [0.4, 0.5) is 0 Å². The number of aromatic nitrogens is 1. The highest BCUT2D eigenvalue weighted by atomic mass is 35.5. The zero-order valence-electron chi connectivity index (χ0n) is 13.3. The molecule has 22 heavy (non-hydrogen) atoms. The molecular weight excluding hydrogens is 302 g/mol. The fraction of sp³-hybridized carbons (Fsp3) is 0.625. The molecule has 0 saturated carbocycles. The van der Waals surface area contributed by atoms with E-state index in [0.717, 1.165) is 37.9 Å². The van der Waals surface area contributed by atoms with E-state index in [-0.39, 0.29) is 30.3 Å². The van der Waals surface area contributed by atoms with E-state index in [0.29, 0.717) is 12.4 Å². The molecule has 5 nitrogen and oxygen atoms in total. The second kappa shape index (κ2) is 9.64. The number of nitrogens with zero attached hydrogens (tertiary/aromatic N) is 1. The van der Waals surface area contributed by atoms with Crippen molar-refractivity contribution in [3.8, 4) is 5.88 Å². The first-order valence-electron chi connectivity index (χ1n) is 7.79. The Kier molecular flexibility index (Phi) is 8.20. The lowest BCUT2D eigenvalue weighted by Crippen LogP contribution is -2.37. The van der Waals surface area contributed by atoms with Crippen LogP contribution >= 0.6 is 12.4 Å². The number of pyridine rings is 1. The number of hydrogen-bond acceptors (Lipinski definition) is 4. The van der Waals surface area contributed by atoms with Crippen LogP contribution in [0.15, 0.2) is 18.3 Å². The molecule has 1 aromatic heterocycles. The van der Waals surface area contributed by atoms with Crippen LogP contribution in [0, 0.1) is 5.92 Å². The van der Waals surface area contributed by atoms with Gasteiger partial charge in [-0.2, -0.15) is 0 Å². The number of piperidine rings is 1. The Morgan fingerprint density at radius 3 is 2.91 bits per heavy atom. The number of hydrogen-bond donors (Lipinski definition) is 2. The summed E-state index contributed by atoms with van der Waals surface area (Å²) >= 11 is 0. The molecular formula is C16H26ClN3O2. The molecule has 6 heteroatoms. The Morgan fingerprint density at radius 1 is 1.50 bits per heavy atom. The summed E-state index contributed by atoms with van der Waals surface area (Å²) in [5.74, 6) is 0.916. The van der Waals surface area contributed by atoms with Crippen molar-refractivity contribution in [2.24, 2.45) is 5.92 Å². The number of rotatable bonds is 6. The van der Waals surface area contributed by atoms with Crippen LogP contribution < -0.4 is 15.4 Å². The van der Waals surface area contributed by atoms with Gasteiger partial charge in [0.1, 0.15) is 0 Å². The van der Waals surface area contributed by atoms with Crippen LogP contribution in [-0.2, 0) is 11.3 Å². The van der Waals surface area contributed by atoms with E-state index >= 15 is 0 Å². The highest BCUT2D eigenvalue weighted by molar-refractivity contribution is 5.85. The first-order valence-corrected chi connectivity index (χ1v) is 7.79. The third kappa shape index (κ3) is 5.81. The second-order valence-electron chi connectivity index (χ2n) is 5.58. The average molecular weight is 328 g/mol. The highest BCUT2D eigenvalue weighted by Gasteiger charge is 2.20. The maximum absolute atomic E-state index is 12.1. The van der Waals surface area contributed by atoms with Crippen molar-refractivity contribution < 1.29 is 9.53 Å². The first-order chi connectivity index (χ1) is 10.2. The van der Waals surface area contributed by atoms with Crippen molar-refractivity contribution in [1.29, 1.82) is 0 Å². The van der Waals surface area contributed by atoms with Gasteiger partial charge in [0.2, 0.25) is 11.8 Å². The summed E-state index contributed by atoms with van der Waals surface area (Å²) in [5, 5.41) is 6.28. The minimum atomic E-state index is 0. The Balaban J connectivity index is 0.00000242. The third-order valence-electron chi connectivity index (χ3n) is 3.87. The lowest BCUT2D eigenvalue weighted by atomic mass is 9.97. The van der Waals surface area contributed by atoms with Gasteiger partial charge < -0.3 is 15.4 Å². The van der Waals surface area contributed by atoms with E-state index in [1.54, 1.807) is 6.20 Å². The largest absolute Gasteiger partial charge is 0.475 e. The molecule has 0 aliphatic carbocycles. The smallest absolute Gasteiger partial charge is 0.223 e. The van der Waals surface area contributed by atoms with E-state index in [4.69, 9.17) is 4.74 Å². The summed E-state index contributed by atoms with van der Waals surface area (Å²) in [6, 6.07) is 3.81. The van der Waals surface area contributed by atoms with Gasteiger partial charge in [-0.05, 0) is 50.9 Å². The van der Waals surface area contributed by atoms with E-state index < -0.39 is 0 Å².